The minimum atomic E-state index is -0.347. The predicted molar refractivity (Wildman–Crippen MR) is 102 cm³/mol. The summed E-state index contributed by atoms with van der Waals surface area (Å²) in [4.78, 5) is 22.3. The zero-order valence-electron chi connectivity index (χ0n) is 14.9. The first-order valence-corrected chi connectivity index (χ1v) is 10.2. The maximum atomic E-state index is 13.4. The topological polar surface area (TPSA) is 45.7 Å². The average Bonchev–Trinajstić information content (AvgIpc) is 3.01. The van der Waals surface area contributed by atoms with Crippen molar-refractivity contribution in [3.63, 3.8) is 0 Å². The van der Waals surface area contributed by atoms with Gasteiger partial charge in [-0.25, -0.2) is 4.98 Å². The van der Waals surface area contributed by atoms with Crippen molar-refractivity contribution in [2.24, 2.45) is 11.8 Å². The molecule has 3 aliphatic rings. The number of likely N-dealkylation sites (tertiary alicyclic amines) is 1. The number of amides is 1. The molecule has 3 fully saturated rings. The molecule has 5 rings (SSSR count). The predicted octanol–water partition coefficient (Wildman–Crippen LogP) is 2.78. The van der Waals surface area contributed by atoms with Crippen LogP contribution >= 0.6 is 11.3 Å². The molecule has 0 bridgehead atoms. The molecule has 2 saturated heterocycles. The van der Waals surface area contributed by atoms with Crippen LogP contribution in [0.3, 0.4) is 0 Å². The average molecular weight is 369 g/mol. The summed E-state index contributed by atoms with van der Waals surface area (Å²) in [5.74, 6) is 2.28. The summed E-state index contributed by atoms with van der Waals surface area (Å²) in [5, 5.41) is 3.15. The number of thiazole rings is 1. The quantitative estimate of drug-likeness (QED) is 0.831. The molecule has 136 valence electrons. The normalized spacial score (nSPS) is 26.0. The monoisotopic (exact) mass is 369 g/mol. The largest absolute Gasteiger partial charge is 0.496 e. The van der Waals surface area contributed by atoms with Gasteiger partial charge in [0.05, 0.1) is 12.5 Å². The third-order valence-corrected chi connectivity index (χ3v) is 7.08. The number of aromatic nitrogens is 1. The zero-order chi connectivity index (χ0) is 17.7. The number of carbonyl (C=O) groups excluding carboxylic acids is 1. The van der Waals surface area contributed by atoms with Crippen molar-refractivity contribution in [2.45, 2.75) is 18.3 Å². The molecule has 1 aromatic carbocycles. The number of hydrogen-bond donors (Lipinski definition) is 0. The van der Waals surface area contributed by atoms with E-state index in [0.717, 1.165) is 55.5 Å². The minimum Gasteiger partial charge on any atom is -0.496 e. The Hall–Kier alpha value is -2.08. The Morgan fingerprint density at radius 1 is 1.19 bits per heavy atom. The lowest BCUT2D eigenvalue weighted by Crippen LogP contribution is -2.40. The van der Waals surface area contributed by atoms with Gasteiger partial charge >= 0.3 is 0 Å². The molecule has 3 heterocycles. The highest BCUT2D eigenvalue weighted by atomic mass is 32.1. The van der Waals surface area contributed by atoms with Crippen LogP contribution in [0.1, 0.15) is 18.4 Å². The Labute approximate surface area is 157 Å². The first kappa shape index (κ1) is 16.1. The smallest absolute Gasteiger partial charge is 0.233 e. The Morgan fingerprint density at radius 2 is 1.92 bits per heavy atom. The van der Waals surface area contributed by atoms with Crippen LogP contribution in [0.15, 0.2) is 35.8 Å². The van der Waals surface area contributed by atoms with Crippen LogP contribution in [0, 0.1) is 11.8 Å². The molecule has 0 radical (unpaired) electrons. The van der Waals surface area contributed by atoms with E-state index in [1.807, 2.05) is 29.8 Å². The summed E-state index contributed by atoms with van der Waals surface area (Å²) in [6.45, 7) is 3.79. The first-order valence-electron chi connectivity index (χ1n) is 9.28. The number of hydrogen-bond acceptors (Lipinski definition) is 5. The molecule has 2 aromatic rings. The molecule has 2 atom stereocenters. The van der Waals surface area contributed by atoms with Crippen molar-refractivity contribution >= 4 is 22.4 Å². The number of rotatable bonds is 4. The maximum Gasteiger partial charge on any atom is 0.233 e. The number of ether oxygens (including phenoxy) is 1. The van der Waals surface area contributed by atoms with E-state index in [2.05, 4.69) is 20.9 Å². The van der Waals surface area contributed by atoms with Crippen LogP contribution in [0.4, 0.5) is 5.13 Å². The highest BCUT2D eigenvalue weighted by Crippen LogP contribution is 2.53. The third-order valence-electron chi connectivity index (χ3n) is 6.25. The van der Waals surface area contributed by atoms with Crippen molar-refractivity contribution in [3.05, 3.63) is 41.4 Å². The Balaban J connectivity index is 1.31. The summed E-state index contributed by atoms with van der Waals surface area (Å²) in [6, 6.07) is 8.00. The van der Waals surface area contributed by atoms with Crippen LogP contribution in [0.25, 0.3) is 0 Å². The van der Waals surface area contributed by atoms with Crippen molar-refractivity contribution in [2.75, 3.05) is 38.2 Å². The minimum absolute atomic E-state index is 0.303. The molecule has 1 aromatic heterocycles. The number of fused-ring (bicyclic) bond motifs is 1. The van der Waals surface area contributed by atoms with Crippen molar-refractivity contribution in [1.82, 2.24) is 9.88 Å². The number of carbonyl (C=O) groups is 1. The fourth-order valence-electron chi connectivity index (χ4n) is 4.75. The summed E-state index contributed by atoms with van der Waals surface area (Å²) < 4.78 is 5.53. The van der Waals surface area contributed by atoms with E-state index in [-0.39, 0.29) is 5.41 Å². The zero-order valence-corrected chi connectivity index (χ0v) is 15.7. The van der Waals surface area contributed by atoms with Gasteiger partial charge in [-0.3, -0.25) is 4.79 Å². The highest BCUT2D eigenvalue weighted by molar-refractivity contribution is 7.13. The van der Waals surface area contributed by atoms with E-state index in [4.69, 9.17) is 4.74 Å². The lowest BCUT2D eigenvalue weighted by Gasteiger charge is -2.26. The molecule has 26 heavy (non-hydrogen) atoms. The molecule has 1 saturated carbocycles. The molecule has 6 heteroatoms. The molecule has 1 aliphatic carbocycles. The number of methoxy groups -OCH3 is 1. The van der Waals surface area contributed by atoms with Crippen molar-refractivity contribution < 1.29 is 9.53 Å². The van der Waals surface area contributed by atoms with Gasteiger partial charge in [0.15, 0.2) is 5.13 Å². The van der Waals surface area contributed by atoms with Gasteiger partial charge in [-0.05, 0) is 18.9 Å². The fourth-order valence-corrected chi connectivity index (χ4v) is 5.42. The molecule has 0 N–H and O–H groups in total. The van der Waals surface area contributed by atoms with Gasteiger partial charge in [0.25, 0.3) is 0 Å². The van der Waals surface area contributed by atoms with Crippen LogP contribution in [0.5, 0.6) is 5.75 Å². The van der Waals surface area contributed by atoms with Gasteiger partial charge < -0.3 is 14.5 Å². The van der Waals surface area contributed by atoms with Crippen LogP contribution in [0.2, 0.25) is 0 Å². The second-order valence-electron chi connectivity index (χ2n) is 7.73. The SMILES string of the molecule is COc1ccccc1C1(C(=O)N2CC3CN(c4nccs4)CC3C2)CC1. The summed E-state index contributed by atoms with van der Waals surface area (Å²) in [5.41, 5.74) is 0.717. The molecule has 2 aliphatic heterocycles. The number of benzene rings is 1. The highest BCUT2D eigenvalue weighted by Gasteiger charge is 2.56. The van der Waals surface area contributed by atoms with Gasteiger partial charge in [0.2, 0.25) is 5.91 Å². The molecular formula is C20H23N3O2S. The summed E-state index contributed by atoms with van der Waals surface area (Å²) in [7, 11) is 1.69. The van der Waals surface area contributed by atoms with E-state index in [0.29, 0.717) is 17.7 Å². The molecule has 0 spiro atoms. The van der Waals surface area contributed by atoms with E-state index in [1.54, 1.807) is 18.4 Å². The van der Waals surface area contributed by atoms with Gasteiger partial charge in [-0.1, -0.05) is 18.2 Å². The van der Waals surface area contributed by atoms with Gasteiger partial charge in [-0.15, -0.1) is 11.3 Å². The van der Waals surface area contributed by atoms with Crippen LogP contribution in [-0.2, 0) is 10.2 Å². The van der Waals surface area contributed by atoms with Gasteiger partial charge in [-0.2, -0.15) is 0 Å². The van der Waals surface area contributed by atoms with Crippen LogP contribution in [-0.4, -0.2) is 49.1 Å². The Kier molecular flexibility index (Phi) is 3.71. The molecule has 2 unspecified atom stereocenters. The van der Waals surface area contributed by atoms with Crippen molar-refractivity contribution in [1.29, 1.82) is 0 Å². The van der Waals surface area contributed by atoms with E-state index >= 15 is 0 Å². The number of para-hydroxylation sites is 1. The molecular weight excluding hydrogens is 346 g/mol. The van der Waals surface area contributed by atoms with E-state index in [1.165, 1.54) is 0 Å². The lowest BCUT2D eigenvalue weighted by molar-refractivity contribution is -0.133. The van der Waals surface area contributed by atoms with E-state index in [9.17, 15) is 4.79 Å². The van der Waals surface area contributed by atoms with Crippen molar-refractivity contribution in [3.8, 4) is 5.75 Å². The van der Waals surface area contributed by atoms with Gasteiger partial charge in [0.1, 0.15) is 5.75 Å². The summed E-state index contributed by atoms with van der Waals surface area (Å²) >= 11 is 1.70. The Bertz CT molecular complexity index is 804. The summed E-state index contributed by atoms with van der Waals surface area (Å²) in [6.07, 6.45) is 3.74. The molecule has 5 nitrogen and oxygen atoms in total. The Morgan fingerprint density at radius 3 is 2.54 bits per heavy atom. The second kappa shape index (κ2) is 5.98. The lowest BCUT2D eigenvalue weighted by atomic mass is 9.93. The third kappa shape index (κ3) is 2.42. The van der Waals surface area contributed by atoms with E-state index < -0.39 is 0 Å². The maximum absolute atomic E-state index is 13.4. The number of anilines is 1. The first-order chi connectivity index (χ1) is 12.7. The molecule has 1 amide bonds. The second-order valence-corrected chi connectivity index (χ2v) is 8.61. The van der Waals surface area contributed by atoms with Crippen LogP contribution < -0.4 is 9.64 Å². The standard InChI is InChI=1S/C20H23N3O2S/c1-25-17-5-3-2-4-16(17)20(6-7-20)18(24)22-10-14-12-23(13-15(14)11-22)19-21-8-9-26-19/h2-5,8-9,14-15H,6-7,10-13H2,1H3. The number of nitrogens with zero attached hydrogens (tertiary/aromatic N) is 3. The fraction of sp³-hybridized carbons (Fsp3) is 0.500. The van der Waals surface area contributed by atoms with Gasteiger partial charge in [0, 0.05) is 55.2 Å².